The van der Waals surface area contributed by atoms with Gasteiger partial charge in [-0.05, 0) is 0 Å². The van der Waals surface area contributed by atoms with Crippen molar-refractivity contribution in [2.75, 3.05) is 0 Å². The molecule has 0 radical (unpaired) electrons. The van der Waals surface area contributed by atoms with E-state index >= 15 is 0 Å². The predicted molar refractivity (Wildman–Crippen MR) is 70.8 cm³/mol. The Morgan fingerprint density at radius 1 is 0.810 bits per heavy atom. The van der Waals surface area contributed by atoms with E-state index in [2.05, 4.69) is 0 Å². The molecule has 0 atom stereocenters. The van der Waals surface area contributed by atoms with Crippen LogP contribution in [0.1, 0.15) is 51.4 Å². The van der Waals surface area contributed by atoms with E-state index in [1.807, 2.05) is 0 Å². The van der Waals surface area contributed by atoms with Crippen LogP contribution < -0.4 is 59.1 Å². The number of aliphatic hydroxyl groups is 1. The van der Waals surface area contributed by atoms with Crippen LogP contribution in [0.2, 0.25) is 0 Å². The van der Waals surface area contributed by atoms with E-state index in [9.17, 15) is 0 Å². The van der Waals surface area contributed by atoms with Gasteiger partial charge in [0.15, 0.2) is 0 Å². The van der Waals surface area contributed by atoms with Gasteiger partial charge in [-0.25, -0.2) is 6.61 Å². The van der Waals surface area contributed by atoms with Crippen molar-refractivity contribution in [1.29, 1.82) is 0 Å². The molecule has 1 aliphatic rings. The van der Waals surface area contributed by atoms with Gasteiger partial charge in [0.2, 0.25) is 0 Å². The fourth-order valence-electron chi connectivity index (χ4n) is 1.93. The van der Waals surface area contributed by atoms with Crippen molar-refractivity contribution in [2.45, 2.75) is 51.4 Å². The zero-order chi connectivity index (χ0) is 15.1. The fraction of sp³-hybridized carbons (Fsp3) is 0.900. The fourth-order valence-corrected chi connectivity index (χ4v) is 1.93. The summed E-state index contributed by atoms with van der Waals surface area (Å²) in [5.74, 6) is 0.778. The van der Waals surface area contributed by atoms with Gasteiger partial charge >= 0.3 is 75.6 Å². The summed E-state index contributed by atoms with van der Waals surface area (Å²) < 4.78 is 17.4. The maximum Gasteiger partial charge on any atom is 1.00 e. The molecule has 21 heavy (non-hydrogen) atoms. The molecule has 5 N–H and O–H groups in total. The van der Waals surface area contributed by atoms with Gasteiger partial charge in [-0.2, -0.15) is 6.42 Å². The number of hydrogen-bond donors (Lipinski definition) is 5. The molecule has 1 aliphatic carbocycles. The summed E-state index contributed by atoms with van der Waals surface area (Å²) in [7, 11) is -5.74. The van der Waals surface area contributed by atoms with E-state index in [0.717, 1.165) is 12.3 Å². The Bertz CT molecular complexity index is 219. The molecule has 0 aliphatic heterocycles. The van der Waals surface area contributed by atoms with Crippen molar-refractivity contribution in [3.8, 4) is 0 Å². The molecule has 1 fully saturated rings. The van der Waals surface area contributed by atoms with Crippen molar-refractivity contribution in [3.05, 3.63) is 6.61 Å². The van der Waals surface area contributed by atoms with E-state index in [1.54, 1.807) is 0 Å². The van der Waals surface area contributed by atoms with Crippen molar-refractivity contribution in [2.24, 2.45) is 5.92 Å². The average molecular weight is 363 g/mol. The molecule has 0 aromatic heterocycles. The quantitative estimate of drug-likeness (QED) is 0.195. The normalized spacial score (nSPS) is 14.3. The van der Waals surface area contributed by atoms with Crippen LogP contribution in [0.15, 0.2) is 0 Å². The third-order valence-electron chi connectivity index (χ3n) is 2.66. The second-order valence-corrected chi connectivity index (χ2v) is 5.15. The van der Waals surface area contributed by atoms with Crippen LogP contribution in [0.5, 0.6) is 0 Å². The molecule has 1 saturated carbocycles. The van der Waals surface area contributed by atoms with Crippen molar-refractivity contribution in [1.82, 2.24) is 0 Å². The zero-order valence-electron chi connectivity index (χ0n) is 12.8. The molecule has 114 valence electrons. The summed E-state index contributed by atoms with van der Waals surface area (Å²) in [6.45, 7) is 1.34. The maximum absolute atomic E-state index is 8.70. The molecule has 0 spiro atoms. The van der Waals surface area contributed by atoms with Crippen LogP contribution in [0.25, 0.3) is 0 Å². The van der Waals surface area contributed by atoms with Gasteiger partial charge in [-0.1, -0.05) is 50.9 Å². The molecule has 7 nitrogen and oxygen atoms in total. The number of aliphatic hydroxyl groups excluding tert-OH is 1. The Morgan fingerprint density at radius 2 is 1.10 bits per heavy atom. The van der Waals surface area contributed by atoms with Gasteiger partial charge in [0.05, 0.1) is 0 Å². The van der Waals surface area contributed by atoms with Crippen LogP contribution in [-0.4, -0.2) is 24.7 Å². The molecule has 0 aromatic carbocycles. The van der Waals surface area contributed by atoms with Crippen LogP contribution >= 0.6 is 16.5 Å². The Labute approximate surface area is 172 Å². The molecule has 0 amide bonds. The maximum atomic E-state index is 8.70. The van der Waals surface area contributed by atoms with Gasteiger partial charge in [0.25, 0.3) is 0 Å². The van der Waals surface area contributed by atoms with E-state index in [-0.39, 0.29) is 59.1 Å². The smallest absolute Gasteiger partial charge is 0.566 e. The van der Waals surface area contributed by atoms with Gasteiger partial charge in [-0.3, -0.25) is 0 Å². The SMILES string of the molecule is O=[P+](O)O.O=[P+](O)O.O[CH-]CC1CCCCCCC1.[Na+].[Na+]. The van der Waals surface area contributed by atoms with Crippen molar-refractivity contribution < 1.29 is 92.9 Å². The summed E-state index contributed by atoms with van der Waals surface area (Å²) >= 11 is 0. The third-order valence-corrected chi connectivity index (χ3v) is 2.66. The minimum absolute atomic E-state index is 0. The minimum Gasteiger partial charge on any atom is -0.566 e. The molecule has 0 unspecified atom stereocenters. The average Bonchev–Trinajstić information content (AvgIpc) is 2.20. The van der Waals surface area contributed by atoms with Gasteiger partial charge in [0.1, 0.15) is 0 Å². The first-order valence-electron chi connectivity index (χ1n) is 6.06. The second kappa shape index (κ2) is 24.3. The molecule has 1 rings (SSSR count). The minimum atomic E-state index is -2.87. The van der Waals surface area contributed by atoms with Gasteiger partial charge < -0.3 is 5.11 Å². The molecule has 0 saturated heterocycles. The van der Waals surface area contributed by atoms with Gasteiger partial charge in [0, 0.05) is 9.13 Å². The Kier molecular flexibility index (Phi) is 35.6. The molecule has 0 heterocycles. The standard InChI is InChI=1S/C10H19O.2Na.2HO3P/c11-9-8-10-6-4-2-1-3-5-7-10;;;2*1-4(2)3/h9-11H,1-8H2;;;2*(H-,1,2,3)/q-1;2*+1;;/p+2. The van der Waals surface area contributed by atoms with Crippen molar-refractivity contribution in [3.63, 3.8) is 0 Å². The summed E-state index contributed by atoms with van der Waals surface area (Å²) in [5.41, 5.74) is 0. The molecule has 0 aromatic rings. The summed E-state index contributed by atoms with van der Waals surface area (Å²) in [6, 6.07) is 0. The Balaban J connectivity index is -0.000000123. The first kappa shape index (κ1) is 30.8. The van der Waals surface area contributed by atoms with Crippen LogP contribution in [-0.2, 0) is 9.13 Å². The summed E-state index contributed by atoms with van der Waals surface area (Å²) in [5, 5.41) is 8.66. The summed E-state index contributed by atoms with van der Waals surface area (Å²) in [4.78, 5) is 28.5. The summed E-state index contributed by atoms with van der Waals surface area (Å²) in [6.07, 6.45) is 10.6. The van der Waals surface area contributed by atoms with Crippen LogP contribution in [0.4, 0.5) is 0 Å². The Hall–Kier alpha value is 2.00. The predicted octanol–water partition coefficient (Wildman–Crippen LogP) is -3.46. The van der Waals surface area contributed by atoms with Crippen LogP contribution in [0, 0.1) is 12.5 Å². The van der Waals surface area contributed by atoms with E-state index in [0.29, 0.717) is 0 Å². The molecule has 0 bridgehead atoms. The largest absolute Gasteiger partial charge is 1.00 e. The van der Waals surface area contributed by atoms with Crippen molar-refractivity contribution >= 4 is 16.5 Å². The monoisotopic (exact) mass is 363 g/mol. The zero-order valence-corrected chi connectivity index (χ0v) is 18.5. The van der Waals surface area contributed by atoms with Gasteiger partial charge in [-0.15, -0.1) is 19.6 Å². The Morgan fingerprint density at radius 3 is 1.38 bits per heavy atom. The van der Waals surface area contributed by atoms with E-state index < -0.39 is 16.5 Å². The molecular weight excluding hydrogens is 340 g/mol. The first-order valence-corrected chi connectivity index (χ1v) is 8.39. The van der Waals surface area contributed by atoms with Crippen LogP contribution in [0.3, 0.4) is 0 Å². The number of rotatable bonds is 2. The second-order valence-electron chi connectivity index (χ2n) is 4.13. The third kappa shape index (κ3) is 39.1. The number of hydrogen-bond acceptors (Lipinski definition) is 3. The topological polar surface area (TPSA) is 135 Å². The first-order chi connectivity index (χ1) is 8.90. The molecule has 11 heteroatoms. The molecular formula is C10H23Na2O7P2+3. The van der Waals surface area contributed by atoms with E-state index in [4.69, 9.17) is 33.8 Å². The van der Waals surface area contributed by atoms with E-state index in [1.165, 1.54) is 51.6 Å².